The van der Waals surface area contributed by atoms with Crippen molar-refractivity contribution in [2.24, 2.45) is 0 Å². The van der Waals surface area contributed by atoms with Gasteiger partial charge in [0.15, 0.2) is 0 Å². The Balaban J connectivity index is 1.91. The molecule has 2 heterocycles. The summed E-state index contributed by atoms with van der Waals surface area (Å²) in [6.45, 7) is 16.9. The van der Waals surface area contributed by atoms with Crippen LogP contribution < -0.4 is 4.74 Å². The average Bonchev–Trinajstić information content (AvgIpc) is 2.92. The summed E-state index contributed by atoms with van der Waals surface area (Å²) in [6.07, 6.45) is 0. The zero-order valence-electron chi connectivity index (χ0n) is 18.7. The number of nitrogens with zero attached hydrogens (tertiary/aromatic N) is 1. The predicted molar refractivity (Wildman–Crippen MR) is 111 cm³/mol. The molecule has 0 bridgehead atoms. The highest BCUT2D eigenvalue weighted by Crippen LogP contribution is 2.42. The Morgan fingerprint density at radius 3 is 1.61 bits per heavy atom. The summed E-state index contributed by atoms with van der Waals surface area (Å²) in [5, 5.41) is 0. The van der Waals surface area contributed by atoms with Gasteiger partial charge in [0.2, 0.25) is 0 Å². The third-order valence-electron chi connectivity index (χ3n) is 6.52. The van der Waals surface area contributed by atoms with Crippen molar-refractivity contribution in [3.63, 3.8) is 0 Å². The minimum Gasteiger partial charge on any atom is -0.497 e. The summed E-state index contributed by atoms with van der Waals surface area (Å²) in [7, 11) is 0.483. The number of rotatable bonds is 5. The molecular formula is C20H33B2NO5. The van der Waals surface area contributed by atoms with Crippen LogP contribution in [-0.4, -0.2) is 48.7 Å². The monoisotopic (exact) mass is 389 g/mol. The maximum Gasteiger partial charge on any atom is 0.551 e. The van der Waals surface area contributed by atoms with Gasteiger partial charge in [-0.1, -0.05) is 12.1 Å². The third-order valence-corrected chi connectivity index (χ3v) is 6.52. The topological polar surface area (TPSA) is 49.4 Å². The van der Waals surface area contributed by atoms with Crippen LogP contribution in [0.5, 0.6) is 5.75 Å². The second kappa shape index (κ2) is 7.03. The summed E-state index contributed by atoms with van der Waals surface area (Å²) >= 11 is 0. The number of benzene rings is 1. The molecule has 0 radical (unpaired) electrons. The van der Waals surface area contributed by atoms with Gasteiger partial charge in [-0.15, -0.1) is 0 Å². The zero-order valence-corrected chi connectivity index (χ0v) is 18.7. The zero-order chi connectivity index (χ0) is 21.0. The number of hydrogen-bond acceptors (Lipinski definition) is 6. The highest BCUT2D eigenvalue weighted by Gasteiger charge is 2.61. The van der Waals surface area contributed by atoms with Gasteiger partial charge in [0.25, 0.3) is 0 Å². The summed E-state index contributed by atoms with van der Waals surface area (Å²) in [4.78, 5) is 0. The predicted octanol–water partition coefficient (Wildman–Crippen LogP) is 3.68. The number of ether oxygens (including phenoxy) is 1. The minimum atomic E-state index is -0.592. The van der Waals surface area contributed by atoms with Gasteiger partial charge >= 0.3 is 14.5 Å². The average molecular weight is 389 g/mol. The van der Waals surface area contributed by atoms with Gasteiger partial charge < -0.3 is 23.4 Å². The highest BCUT2D eigenvalue weighted by molar-refractivity contribution is 6.60. The van der Waals surface area contributed by atoms with Crippen LogP contribution in [0.15, 0.2) is 24.3 Å². The molecular weight excluding hydrogens is 356 g/mol. The lowest BCUT2D eigenvalue weighted by Crippen LogP contribution is -2.52. The van der Waals surface area contributed by atoms with Gasteiger partial charge in [-0.05, 0) is 73.1 Å². The molecule has 0 amide bonds. The van der Waals surface area contributed by atoms with E-state index in [1.54, 1.807) is 7.11 Å². The first-order chi connectivity index (χ1) is 12.8. The summed E-state index contributed by atoms with van der Waals surface area (Å²) in [6, 6.07) is 7.95. The smallest absolute Gasteiger partial charge is 0.497 e. The Morgan fingerprint density at radius 2 is 1.21 bits per heavy atom. The molecule has 2 aliphatic heterocycles. The van der Waals surface area contributed by atoms with Crippen LogP contribution in [0, 0.1) is 0 Å². The lowest BCUT2D eigenvalue weighted by Gasteiger charge is -2.32. The molecule has 2 aliphatic rings. The molecule has 0 saturated carbocycles. The molecule has 3 rings (SSSR count). The van der Waals surface area contributed by atoms with E-state index in [9.17, 15) is 0 Å². The van der Waals surface area contributed by atoms with Crippen molar-refractivity contribution in [2.75, 3.05) is 7.11 Å². The Labute approximate surface area is 170 Å². The molecule has 154 valence electrons. The SMILES string of the molecule is COc1cccc(CN(B2OC(C)(C)C(C)(C)O2)B2OC(C)(C)C(C)(C)O2)c1. The van der Waals surface area contributed by atoms with E-state index in [-0.39, 0.29) is 0 Å². The first-order valence-electron chi connectivity index (χ1n) is 9.88. The van der Waals surface area contributed by atoms with E-state index in [0.717, 1.165) is 11.3 Å². The van der Waals surface area contributed by atoms with Crippen molar-refractivity contribution in [2.45, 2.75) is 84.3 Å². The summed E-state index contributed by atoms with van der Waals surface area (Å²) < 4.78 is 32.6. The molecule has 0 N–H and O–H groups in total. The fraction of sp³-hybridized carbons (Fsp3) is 0.700. The van der Waals surface area contributed by atoms with E-state index < -0.39 is 36.9 Å². The van der Waals surface area contributed by atoms with Crippen LogP contribution in [0.3, 0.4) is 0 Å². The largest absolute Gasteiger partial charge is 0.551 e. The summed E-state index contributed by atoms with van der Waals surface area (Å²) in [5.74, 6) is 0.806. The Kier molecular flexibility index (Phi) is 5.43. The van der Waals surface area contributed by atoms with Gasteiger partial charge in [-0.3, -0.25) is 4.72 Å². The van der Waals surface area contributed by atoms with Crippen molar-refractivity contribution in [3.05, 3.63) is 29.8 Å². The van der Waals surface area contributed by atoms with E-state index in [1.165, 1.54) is 0 Å². The Bertz CT molecular complexity index is 654. The molecule has 0 atom stereocenters. The van der Waals surface area contributed by atoms with Crippen LogP contribution in [-0.2, 0) is 25.2 Å². The molecule has 0 unspecified atom stereocenters. The molecule has 28 heavy (non-hydrogen) atoms. The molecule has 1 aromatic carbocycles. The first-order valence-corrected chi connectivity index (χ1v) is 9.88. The Hall–Kier alpha value is -1.05. The van der Waals surface area contributed by atoms with Crippen LogP contribution >= 0.6 is 0 Å². The second-order valence-corrected chi connectivity index (χ2v) is 9.65. The molecule has 2 fully saturated rings. The Morgan fingerprint density at radius 1 is 0.786 bits per heavy atom. The highest BCUT2D eigenvalue weighted by atomic mass is 16.7. The van der Waals surface area contributed by atoms with E-state index in [4.69, 9.17) is 23.4 Å². The molecule has 6 nitrogen and oxygen atoms in total. The maximum absolute atomic E-state index is 6.32. The standard InChI is InChI=1S/C20H33B2NO5/c1-17(2)18(3,4)26-21(25-17)23(14-15-11-10-12-16(13-15)24-9)22-27-19(5,6)20(7,8)28-22/h10-13H,14H2,1-9H3. The van der Waals surface area contributed by atoms with Crippen LogP contribution in [0.2, 0.25) is 0 Å². The quantitative estimate of drug-likeness (QED) is 0.717. The molecule has 8 heteroatoms. The lowest BCUT2D eigenvalue weighted by atomic mass is 9.87. The van der Waals surface area contributed by atoms with Gasteiger partial charge in [-0.25, -0.2) is 0 Å². The fourth-order valence-corrected chi connectivity index (χ4v) is 3.12. The molecule has 2 saturated heterocycles. The van der Waals surface area contributed by atoms with Crippen molar-refractivity contribution < 1.29 is 23.4 Å². The second-order valence-electron chi connectivity index (χ2n) is 9.65. The van der Waals surface area contributed by atoms with Crippen LogP contribution in [0.25, 0.3) is 0 Å². The normalized spacial score (nSPS) is 24.8. The summed E-state index contributed by atoms with van der Waals surface area (Å²) in [5.41, 5.74) is -0.743. The van der Waals surface area contributed by atoms with E-state index in [0.29, 0.717) is 6.54 Å². The van der Waals surface area contributed by atoms with Gasteiger partial charge in [0, 0.05) is 6.54 Å². The molecule has 0 aliphatic carbocycles. The number of methoxy groups -OCH3 is 1. The first kappa shape index (κ1) is 21.7. The fourth-order valence-electron chi connectivity index (χ4n) is 3.12. The lowest BCUT2D eigenvalue weighted by molar-refractivity contribution is 0.00578. The van der Waals surface area contributed by atoms with Gasteiger partial charge in [0.05, 0.1) is 29.5 Å². The van der Waals surface area contributed by atoms with Gasteiger partial charge in [0.1, 0.15) is 5.75 Å². The third kappa shape index (κ3) is 3.85. The van der Waals surface area contributed by atoms with Crippen LogP contribution in [0.1, 0.15) is 61.0 Å². The molecule has 1 aromatic rings. The maximum atomic E-state index is 6.32. The number of hydrogen-bond donors (Lipinski definition) is 0. The minimum absolute atomic E-state index is 0.450. The van der Waals surface area contributed by atoms with Gasteiger partial charge in [-0.2, -0.15) is 0 Å². The molecule has 0 aromatic heterocycles. The van der Waals surface area contributed by atoms with Crippen LogP contribution in [0.4, 0.5) is 0 Å². The van der Waals surface area contributed by atoms with Crippen molar-refractivity contribution in [1.29, 1.82) is 0 Å². The van der Waals surface area contributed by atoms with E-state index in [2.05, 4.69) is 0 Å². The van der Waals surface area contributed by atoms with E-state index >= 15 is 0 Å². The molecule has 0 spiro atoms. The van der Waals surface area contributed by atoms with Crippen molar-refractivity contribution in [3.8, 4) is 5.75 Å². The van der Waals surface area contributed by atoms with E-state index in [1.807, 2.05) is 84.4 Å². The van der Waals surface area contributed by atoms with Crippen molar-refractivity contribution >= 4 is 14.5 Å². The van der Waals surface area contributed by atoms with Crippen molar-refractivity contribution in [1.82, 2.24) is 4.72 Å².